The van der Waals surface area contributed by atoms with Crippen LogP contribution < -0.4 is 10.6 Å². The van der Waals surface area contributed by atoms with Crippen LogP contribution in [0.25, 0.3) is 0 Å². The summed E-state index contributed by atoms with van der Waals surface area (Å²) in [5, 5.41) is 6.36. The number of benzene rings is 1. The third-order valence-corrected chi connectivity index (χ3v) is 8.51. The number of carbonyl (C=O) groups is 1. The van der Waals surface area contributed by atoms with E-state index in [0.717, 1.165) is 32.4 Å². The number of anilines is 1. The molecular formula is C24H35N5O3S. The van der Waals surface area contributed by atoms with Gasteiger partial charge in [0.15, 0.2) is 0 Å². The Balaban J connectivity index is 1.46. The lowest BCUT2D eigenvalue weighted by atomic mass is 9.89. The van der Waals surface area contributed by atoms with Gasteiger partial charge in [-0.3, -0.25) is 4.79 Å². The van der Waals surface area contributed by atoms with E-state index in [1.165, 1.54) is 42.5 Å². The number of amides is 1. The molecule has 0 atom stereocenters. The van der Waals surface area contributed by atoms with Crippen molar-refractivity contribution in [3.63, 3.8) is 0 Å². The number of nitrogens with zero attached hydrogens (tertiary/aromatic N) is 3. The summed E-state index contributed by atoms with van der Waals surface area (Å²) >= 11 is 0. The maximum atomic E-state index is 13.2. The average Bonchev–Trinajstić information content (AvgIpc) is 3.56. The summed E-state index contributed by atoms with van der Waals surface area (Å²) in [7, 11) is -3.61. The quantitative estimate of drug-likeness (QED) is 0.515. The molecule has 2 fully saturated rings. The summed E-state index contributed by atoms with van der Waals surface area (Å²) in [4.78, 5) is 17.1. The predicted molar refractivity (Wildman–Crippen MR) is 129 cm³/mol. The van der Waals surface area contributed by atoms with Crippen molar-refractivity contribution < 1.29 is 13.2 Å². The van der Waals surface area contributed by atoms with Crippen molar-refractivity contribution in [3.05, 3.63) is 42.5 Å². The van der Waals surface area contributed by atoms with Crippen LogP contribution in [-0.2, 0) is 16.6 Å². The molecule has 1 amide bonds. The largest absolute Gasteiger partial charge is 0.385 e. The van der Waals surface area contributed by atoms with E-state index in [4.69, 9.17) is 0 Å². The van der Waals surface area contributed by atoms with Gasteiger partial charge in [0.2, 0.25) is 10.0 Å². The van der Waals surface area contributed by atoms with Gasteiger partial charge in [0.05, 0.1) is 11.2 Å². The van der Waals surface area contributed by atoms with Crippen molar-refractivity contribution in [1.29, 1.82) is 0 Å². The van der Waals surface area contributed by atoms with Gasteiger partial charge >= 0.3 is 0 Å². The van der Waals surface area contributed by atoms with Crippen molar-refractivity contribution in [2.45, 2.75) is 62.8 Å². The van der Waals surface area contributed by atoms with Crippen LogP contribution in [0.15, 0.2) is 41.8 Å². The lowest BCUT2D eigenvalue weighted by molar-refractivity contribution is 0.0952. The van der Waals surface area contributed by atoms with Gasteiger partial charge in [-0.2, -0.15) is 4.31 Å². The van der Waals surface area contributed by atoms with Crippen LogP contribution in [0.5, 0.6) is 0 Å². The summed E-state index contributed by atoms with van der Waals surface area (Å²) in [5.41, 5.74) is 1.08. The Bertz CT molecular complexity index is 1010. The van der Waals surface area contributed by atoms with Crippen LogP contribution in [0.1, 0.15) is 61.7 Å². The number of nitrogens with one attached hydrogen (secondary N) is 2. The number of sulfonamides is 1. The molecule has 2 aromatic rings. The molecule has 180 valence electrons. The zero-order chi connectivity index (χ0) is 23.1. The monoisotopic (exact) mass is 473 g/mol. The Labute approximate surface area is 196 Å². The summed E-state index contributed by atoms with van der Waals surface area (Å²) in [5.74, 6) is 0.345. The summed E-state index contributed by atoms with van der Waals surface area (Å²) in [6.07, 6.45) is 14.1. The Morgan fingerprint density at radius 2 is 1.85 bits per heavy atom. The van der Waals surface area contributed by atoms with E-state index in [1.54, 1.807) is 24.7 Å². The highest BCUT2D eigenvalue weighted by Crippen LogP contribution is 2.27. The van der Waals surface area contributed by atoms with E-state index in [-0.39, 0.29) is 10.8 Å². The topological polar surface area (TPSA) is 96.3 Å². The van der Waals surface area contributed by atoms with E-state index in [2.05, 4.69) is 15.6 Å². The minimum atomic E-state index is -3.61. The van der Waals surface area contributed by atoms with Crippen LogP contribution >= 0.6 is 0 Å². The highest BCUT2D eigenvalue weighted by atomic mass is 32.2. The van der Waals surface area contributed by atoms with Crippen LogP contribution in [0.3, 0.4) is 0 Å². The van der Waals surface area contributed by atoms with Crippen LogP contribution in [0.4, 0.5) is 5.69 Å². The van der Waals surface area contributed by atoms with Gasteiger partial charge in [-0.1, -0.05) is 19.3 Å². The molecular weight excluding hydrogens is 438 g/mol. The van der Waals surface area contributed by atoms with Crippen LogP contribution in [0, 0.1) is 5.92 Å². The molecule has 1 aliphatic carbocycles. The summed E-state index contributed by atoms with van der Waals surface area (Å²) < 4.78 is 29.9. The molecule has 4 rings (SSSR count). The molecule has 0 bridgehead atoms. The van der Waals surface area contributed by atoms with E-state index in [1.807, 2.05) is 10.8 Å². The van der Waals surface area contributed by atoms with Gasteiger partial charge < -0.3 is 15.2 Å². The normalized spacial score (nSPS) is 17.8. The molecule has 0 unspecified atom stereocenters. The molecule has 1 saturated carbocycles. The highest BCUT2D eigenvalue weighted by molar-refractivity contribution is 7.89. The molecule has 2 heterocycles. The third-order valence-electron chi connectivity index (χ3n) is 6.63. The minimum Gasteiger partial charge on any atom is -0.385 e. The van der Waals surface area contributed by atoms with Crippen LogP contribution in [-0.4, -0.2) is 54.4 Å². The van der Waals surface area contributed by atoms with Crippen molar-refractivity contribution >= 4 is 21.6 Å². The maximum Gasteiger partial charge on any atom is 0.251 e. The van der Waals surface area contributed by atoms with Gasteiger partial charge in [-0.25, -0.2) is 13.4 Å². The average molecular weight is 474 g/mol. The standard InChI is InChI=1S/C24H35N5O3S/c30-24(26-9-6-11-28-14-10-25-19-28)21-15-22(27-18-20-7-2-1-3-8-20)17-23(16-21)33(31,32)29-12-4-5-13-29/h10,14-17,19-20,27H,1-9,11-13,18H2,(H,26,30). The smallest absolute Gasteiger partial charge is 0.251 e. The first-order valence-electron chi connectivity index (χ1n) is 12.2. The Morgan fingerprint density at radius 1 is 1.06 bits per heavy atom. The zero-order valence-electron chi connectivity index (χ0n) is 19.2. The fourth-order valence-corrected chi connectivity index (χ4v) is 6.29. The van der Waals surface area contributed by atoms with Crippen molar-refractivity contribution in [3.8, 4) is 0 Å². The third kappa shape index (κ3) is 6.35. The lowest BCUT2D eigenvalue weighted by Crippen LogP contribution is -2.29. The Kier molecular flexibility index (Phi) is 8.03. The summed E-state index contributed by atoms with van der Waals surface area (Å²) in [6.45, 7) is 3.15. The van der Waals surface area contributed by atoms with E-state index in [9.17, 15) is 13.2 Å². The minimum absolute atomic E-state index is 0.196. The van der Waals surface area contributed by atoms with E-state index >= 15 is 0 Å². The number of aromatic nitrogens is 2. The van der Waals surface area contributed by atoms with E-state index < -0.39 is 10.0 Å². The molecule has 2 N–H and O–H groups in total. The molecule has 1 aromatic heterocycles. The van der Waals surface area contributed by atoms with Gasteiger partial charge in [0, 0.05) is 56.4 Å². The Hall–Kier alpha value is -2.39. The number of hydrogen-bond donors (Lipinski definition) is 2. The van der Waals surface area contributed by atoms with Crippen molar-refractivity contribution in [2.24, 2.45) is 5.92 Å². The van der Waals surface area contributed by atoms with Gasteiger partial charge in [0.1, 0.15) is 0 Å². The molecule has 1 saturated heterocycles. The number of imidazole rings is 1. The molecule has 0 spiro atoms. The lowest BCUT2D eigenvalue weighted by Gasteiger charge is -2.23. The number of carbonyl (C=O) groups excluding carboxylic acids is 1. The first-order valence-corrected chi connectivity index (χ1v) is 13.6. The molecule has 1 aliphatic heterocycles. The van der Waals surface area contributed by atoms with Crippen molar-refractivity contribution in [1.82, 2.24) is 19.2 Å². The number of rotatable bonds is 10. The number of aryl methyl sites for hydroxylation is 1. The second-order valence-electron chi connectivity index (χ2n) is 9.15. The van der Waals surface area contributed by atoms with Gasteiger partial charge in [0.25, 0.3) is 5.91 Å². The fourth-order valence-electron chi connectivity index (χ4n) is 4.70. The number of hydrogen-bond acceptors (Lipinski definition) is 5. The van der Waals surface area contributed by atoms with Gasteiger partial charge in [-0.05, 0) is 56.2 Å². The molecule has 0 radical (unpaired) electrons. The second-order valence-corrected chi connectivity index (χ2v) is 11.1. The Morgan fingerprint density at radius 3 is 2.58 bits per heavy atom. The van der Waals surface area contributed by atoms with E-state index in [0.29, 0.717) is 36.8 Å². The van der Waals surface area contributed by atoms with Gasteiger partial charge in [-0.15, -0.1) is 0 Å². The maximum absolute atomic E-state index is 13.2. The first kappa shape index (κ1) is 23.8. The molecule has 8 nitrogen and oxygen atoms in total. The SMILES string of the molecule is O=C(NCCCn1ccnc1)c1cc(NCC2CCCCC2)cc(S(=O)(=O)N2CCCC2)c1. The zero-order valence-corrected chi connectivity index (χ0v) is 20.0. The predicted octanol–water partition coefficient (Wildman–Crippen LogP) is 3.48. The molecule has 1 aromatic carbocycles. The van der Waals surface area contributed by atoms with Crippen LogP contribution in [0.2, 0.25) is 0 Å². The second kappa shape index (κ2) is 11.2. The summed E-state index contributed by atoms with van der Waals surface area (Å²) in [6, 6.07) is 4.98. The molecule has 2 aliphatic rings. The van der Waals surface area contributed by atoms with Crippen molar-refractivity contribution in [2.75, 3.05) is 31.5 Å². The fraction of sp³-hybridized carbons (Fsp3) is 0.583. The molecule has 9 heteroatoms. The first-order chi connectivity index (χ1) is 16.0. The molecule has 33 heavy (non-hydrogen) atoms. The highest BCUT2D eigenvalue weighted by Gasteiger charge is 2.28.